The van der Waals surface area contributed by atoms with Crippen LogP contribution in [0.4, 0.5) is 0 Å². The van der Waals surface area contributed by atoms with Gasteiger partial charge < -0.3 is 5.11 Å². The van der Waals surface area contributed by atoms with Crippen LogP contribution in [0.25, 0.3) is 0 Å². The summed E-state index contributed by atoms with van der Waals surface area (Å²) < 4.78 is 24.1. The van der Waals surface area contributed by atoms with E-state index in [9.17, 15) is 8.42 Å². The van der Waals surface area contributed by atoms with Gasteiger partial charge in [0, 0.05) is 11.2 Å². The number of halogens is 1. The number of rotatable bonds is 4. The Morgan fingerprint density at radius 1 is 1.28 bits per heavy atom. The molecule has 0 amide bonds. The molecule has 1 aromatic heterocycles. The summed E-state index contributed by atoms with van der Waals surface area (Å²) in [5, 5.41) is 9.86. The minimum atomic E-state index is -3.42. The first-order valence-electron chi connectivity index (χ1n) is 5.04. The van der Waals surface area contributed by atoms with E-state index in [1.54, 1.807) is 0 Å². The van der Waals surface area contributed by atoms with Crippen molar-refractivity contribution in [3.63, 3.8) is 0 Å². The second-order valence-electron chi connectivity index (χ2n) is 3.59. The zero-order chi connectivity index (χ0) is 13.2. The summed E-state index contributed by atoms with van der Waals surface area (Å²) in [6.45, 7) is -0.126. The molecule has 2 rings (SSSR count). The van der Waals surface area contributed by atoms with Gasteiger partial charge in [-0.2, -0.15) is 0 Å². The van der Waals surface area contributed by atoms with Gasteiger partial charge in [-0.3, -0.25) is 0 Å². The minimum Gasteiger partial charge on any atom is -0.391 e. The number of hydrogen-bond acceptors (Lipinski definition) is 5. The highest BCUT2D eigenvalue weighted by atomic mass is 35.5. The zero-order valence-corrected chi connectivity index (χ0v) is 11.6. The molecular formula is C11H10ClNO3S2. The second kappa shape index (κ2) is 5.36. The molecule has 4 nitrogen and oxygen atoms in total. The van der Waals surface area contributed by atoms with Crippen molar-refractivity contribution >= 4 is 32.8 Å². The van der Waals surface area contributed by atoms with Crippen molar-refractivity contribution in [1.29, 1.82) is 0 Å². The molecule has 0 unspecified atom stereocenters. The molecule has 1 heterocycles. The van der Waals surface area contributed by atoms with Crippen molar-refractivity contribution < 1.29 is 13.5 Å². The summed E-state index contributed by atoms with van der Waals surface area (Å²) in [5.74, 6) is -0.167. The average molecular weight is 304 g/mol. The summed E-state index contributed by atoms with van der Waals surface area (Å²) >= 11 is 6.90. The summed E-state index contributed by atoms with van der Waals surface area (Å²) in [6.07, 6.45) is 1.48. The quantitative estimate of drug-likeness (QED) is 0.941. The fraction of sp³-hybridized carbons (Fsp3) is 0.182. The van der Waals surface area contributed by atoms with Crippen LogP contribution in [-0.2, 0) is 22.2 Å². The van der Waals surface area contributed by atoms with Gasteiger partial charge in [0.25, 0.3) is 0 Å². The fourth-order valence-electron chi connectivity index (χ4n) is 1.38. The van der Waals surface area contributed by atoms with E-state index in [4.69, 9.17) is 16.7 Å². The summed E-state index contributed by atoms with van der Waals surface area (Å²) in [4.78, 5) is 4.83. The number of thiazole rings is 1. The van der Waals surface area contributed by atoms with Crippen LogP contribution < -0.4 is 0 Å². The Labute approximate surface area is 114 Å². The first-order chi connectivity index (χ1) is 8.51. The number of aliphatic hydroxyl groups is 1. The van der Waals surface area contributed by atoms with Crippen molar-refractivity contribution in [1.82, 2.24) is 4.98 Å². The molecule has 18 heavy (non-hydrogen) atoms. The van der Waals surface area contributed by atoms with E-state index in [0.29, 0.717) is 14.9 Å². The van der Waals surface area contributed by atoms with Crippen molar-refractivity contribution in [3.05, 3.63) is 45.4 Å². The normalized spacial score (nSPS) is 11.7. The van der Waals surface area contributed by atoms with Gasteiger partial charge in [0.15, 0.2) is 9.84 Å². The molecule has 0 fully saturated rings. The molecule has 96 valence electrons. The average Bonchev–Trinajstić information content (AvgIpc) is 2.76. The number of benzene rings is 1. The van der Waals surface area contributed by atoms with Crippen molar-refractivity contribution in [2.75, 3.05) is 0 Å². The van der Waals surface area contributed by atoms with Gasteiger partial charge >= 0.3 is 0 Å². The van der Waals surface area contributed by atoms with Crippen LogP contribution in [0.15, 0.2) is 35.4 Å². The Bertz CT molecular complexity index is 635. The van der Waals surface area contributed by atoms with Crippen molar-refractivity contribution in [2.45, 2.75) is 17.3 Å². The maximum atomic E-state index is 12.1. The van der Waals surface area contributed by atoms with Gasteiger partial charge in [-0.15, -0.1) is 11.3 Å². The number of hydrogen-bond donors (Lipinski definition) is 1. The SMILES string of the molecule is O=S(=O)(Cc1ncc(CO)s1)c1ccc(Cl)cc1. The molecule has 1 aromatic carbocycles. The highest BCUT2D eigenvalue weighted by Gasteiger charge is 2.17. The molecular weight excluding hydrogens is 294 g/mol. The van der Waals surface area contributed by atoms with Crippen LogP contribution in [-0.4, -0.2) is 18.5 Å². The van der Waals surface area contributed by atoms with Gasteiger partial charge in [-0.05, 0) is 24.3 Å². The van der Waals surface area contributed by atoms with Gasteiger partial charge in [-0.25, -0.2) is 13.4 Å². The Balaban J connectivity index is 2.24. The summed E-state index contributed by atoms with van der Waals surface area (Å²) in [5.41, 5.74) is 0. The Morgan fingerprint density at radius 3 is 2.50 bits per heavy atom. The van der Waals surface area contributed by atoms with Crippen LogP contribution in [0.5, 0.6) is 0 Å². The minimum absolute atomic E-state index is 0.126. The number of nitrogens with zero attached hydrogens (tertiary/aromatic N) is 1. The second-order valence-corrected chi connectivity index (χ2v) is 7.22. The maximum Gasteiger partial charge on any atom is 0.184 e. The number of aromatic nitrogens is 1. The Kier molecular flexibility index (Phi) is 4.01. The maximum absolute atomic E-state index is 12.1. The van der Waals surface area contributed by atoms with Crippen molar-refractivity contribution in [3.8, 4) is 0 Å². The molecule has 0 saturated carbocycles. The lowest BCUT2D eigenvalue weighted by Gasteiger charge is -2.02. The van der Waals surface area contributed by atoms with E-state index in [1.807, 2.05) is 0 Å². The molecule has 2 aromatic rings. The summed E-state index contributed by atoms with van der Waals surface area (Å²) in [6, 6.07) is 6.02. The molecule has 0 spiro atoms. The lowest BCUT2D eigenvalue weighted by Crippen LogP contribution is -2.04. The Hall–Kier alpha value is -0.950. The van der Waals surface area contributed by atoms with Gasteiger partial charge in [0.1, 0.15) is 10.8 Å². The fourth-order valence-corrected chi connectivity index (χ4v) is 3.90. The van der Waals surface area contributed by atoms with Crippen molar-refractivity contribution in [2.24, 2.45) is 0 Å². The van der Waals surface area contributed by atoms with E-state index < -0.39 is 9.84 Å². The molecule has 0 saturated heterocycles. The summed E-state index contributed by atoms with van der Waals surface area (Å²) in [7, 11) is -3.42. The van der Waals surface area contributed by atoms with E-state index in [-0.39, 0.29) is 17.3 Å². The van der Waals surface area contributed by atoms with E-state index >= 15 is 0 Å². The topological polar surface area (TPSA) is 67.3 Å². The molecule has 7 heteroatoms. The van der Waals surface area contributed by atoms with Crippen LogP contribution in [0, 0.1) is 0 Å². The van der Waals surface area contributed by atoms with E-state index in [2.05, 4.69) is 4.98 Å². The van der Waals surface area contributed by atoms with Crippen LogP contribution >= 0.6 is 22.9 Å². The largest absolute Gasteiger partial charge is 0.391 e. The zero-order valence-electron chi connectivity index (χ0n) is 9.21. The monoisotopic (exact) mass is 303 g/mol. The smallest absolute Gasteiger partial charge is 0.184 e. The third-order valence-corrected chi connectivity index (χ3v) is 5.30. The lowest BCUT2D eigenvalue weighted by molar-refractivity contribution is 0.285. The highest BCUT2D eigenvalue weighted by molar-refractivity contribution is 7.90. The van der Waals surface area contributed by atoms with Gasteiger partial charge in [-0.1, -0.05) is 11.6 Å². The Morgan fingerprint density at radius 2 is 1.94 bits per heavy atom. The lowest BCUT2D eigenvalue weighted by atomic mass is 10.4. The third kappa shape index (κ3) is 3.08. The number of aliphatic hydroxyl groups excluding tert-OH is 1. The molecule has 1 N–H and O–H groups in total. The van der Waals surface area contributed by atoms with E-state index in [0.717, 1.165) is 0 Å². The highest BCUT2D eigenvalue weighted by Crippen LogP contribution is 2.21. The molecule has 0 atom stereocenters. The van der Waals surface area contributed by atoms with E-state index in [1.165, 1.54) is 41.8 Å². The van der Waals surface area contributed by atoms with Gasteiger partial charge in [0.05, 0.1) is 16.4 Å². The third-order valence-electron chi connectivity index (χ3n) is 2.24. The molecule has 0 aliphatic carbocycles. The predicted octanol–water partition coefficient (Wildman–Crippen LogP) is 2.26. The first-order valence-corrected chi connectivity index (χ1v) is 7.89. The first kappa shape index (κ1) is 13.5. The van der Waals surface area contributed by atoms with Crippen LogP contribution in [0.3, 0.4) is 0 Å². The van der Waals surface area contributed by atoms with Gasteiger partial charge in [0.2, 0.25) is 0 Å². The predicted molar refractivity (Wildman–Crippen MR) is 70.4 cm³/mol. The number of sulfone groups is 1. The molecule has 0 radical (unpaired) electrons. The van der Waals surface area contributed by atoms with Crippen LogP contribution in [0.2, 0.25) is 5.02 Å². The standard InChI is InChI=1S/C11H10ClNO3S2/c12-8-1-3-10(4-2-8)18(15,16)7-11-13-5-9(6-14)17-11/h1-5,14H,6-7H2. The molecule has 0 bridgehead atoms. The molecule has 0 aliphatic heterocycles. The molecule has 0 aliphatic rings. The van der Waals surface area contributed by atoms with Crippen LogP contribution in [0.1, 0.15) is 9.88 Å².